The first-order valence-corrected chi connectivity index (χ1v) is 11.9. The minimum Gasteiger partial charge on any atom is -0.466 e. The molecule has 0 saturated carbocycles. The lowest BCUT2D eigenvalue weighted by molar-refractivity contribution is -0.144. The molecule has 0 aromatic heterocycles. The minimum absolute atomic E-state index is 0.220. The van der Waals surface area contributed by atoms with Crippen LogP contribution in [0.4, 0.5) is 0 Å². The summed E-state index contributed by atoms with van der Waals surface area (Å²) in [7, 11) is 0. The van der Waals surface area contributed by atoms with Gasteiger partial charge in [-0.2, -0.15) is 0 Å². The van der Waals surface area contributed by atoms with E-state index in [1.165, 1.54) is 44.9 Å². The van der Waals surface area contributed by atoms with Crippen molar-refractivity contribution in [3.63, 3.8) is 0 Å². The second-order valence-corrected chi connectivity index (χ2v) is 7.93. The maximum atomic E-state index is 11.8. The number of thioether (sulfide) groups is 1. The lowest BCUT2D eigenvalue weighted by atomic mass is 10.1. The molecule has 28 heavy (non-hydrogen) atoms. The number of hydrogen-bond donors (Lipinski definition) is 0. The smallest absolute Gasteiger partial charge is 0.311 e. The van der Waals surface area contributed by atoms with Crippen molar-refractivity contribution in [1.82, 2.24) is 0 Å². The summed E-state index contributed by atoms with van der Waals surface area (Å²) < 4.78 is 10.5. The molecule has 0 spiro atoms. The van der Waals surface area contributed by atoms with Gasteiger partial charge in [0.1, 0.15) is 5.75 Å². The Morgan fingerprint density at radius 2 is 1.36 bits per heavy atom. The Kier molecular flexibility index (Phi) is 14.4. The Bertz CT molecular complexity index is 542. The second-order valence-electron chi connectivity index (χ2n) is 7.05. The summed E-state index contributed by atoms with van der Waals surface area (Å²) in [5.74, 6) is -0.00364. The van der Waals surface area contributed by atoms with Crippen molar-refractivity contribution in [2.75, 3.05) is 12.9 Å². The van der Waals surface area contributed by atoms with E-state index >= 15 is 0 Å². The molecular weight excluding hydrogens is 372 g/mol. The molecule has 158 valence electrons. The Morgan fingerprint density at radius 3 is 1.96 bits per heavy atom. The van der Waals surface area contributed by atoms with Gasteiger partial charge in [0, 0.05) is 17.7 Å². The molecule has 1 aromatic rings. The predicted octanol–water partition coefficient (Wildman–Crippen LogP) is 6.56. The van der Waals surface area contributed by atoms with E-state index in [2.05, 4.69) is 6.92 Å². The third-order valence-corrected chi connectivity index (χ3v) is 5.31. The molecule has 0 unspecified atom stereocenters. The van der Waals surface area contributed by atoms with Gasteiger partial charge in [0.05, 0.1) is 6.61 Å². The lowest BCUT2D eigenvalue weighted by Crippen LogP contribution is -2.10. The summed E-state index contributed by atoms with van der Waals surface area (Å²) in [5.41, 5.74) is 0. The predicted molar refractivity (Wildman–Crippen MR) is 116 cm³/mol. The van der Waals surface area contributed by atoms with Gasteiger partial charge in [-0.3, -0.25) is 9.59 Å². The lowest BCUT2D eigenvalue weighted by Gasteiger charge is -2.06. The van der Waals surface area contributed by atoms with E-state index in [-0.39, 0.29) is 24.8 Å². The zero-order valence-corrected chi connectivity index (χ0v) is 18.4. The number of carbonyl (C=O) groups excluding carboxylic acids is 2. The zero-order valence-electron chi connectivity index (χ0n) is 17.5. The molecule has 0 atom stereocenters. The summed E-state index contributed by atoms with van der Waals surface area (Å²) >= 11 is 1.64. The average Bonchev–Trinajstić information content (AvgIpc) is 2.70. The fourth-order valence-electron chi connectivity index (χ4n) is 2.87. The van der Waals surface area contributed by atoms with Crippen LogP contribution in [0.25, 0.3) is 0 Å². The van der Waals surface area contributed by atoms with Gasteiger partial charge >= 0.3 is 11.9 Å². The van der Waals surface area contributed by atoms with Crippen LogP contribution >= 0.6 is 11.8 Å². The van der Waals surface area contributed by atoms with Crippen LogP contribution in [0.1, 0.15) is 84.0 Å². The standard InChI is InChI=1S/C23H36O4S/c1-3-4-5-6-7-8-9-10-11-19-26-22(24)13-12-14-23(25)27-20-15-17-21(28-2)18-16-20/h15-18H,3-14,19H2,1-2H3. The van der Waals surface area contributed by atoms with E-state index in [0.29, 0.717) is 18.8 Å². The van der Waals surface area contributed by atoms with Gasteiger partial charge in [-0.25, -0.2) is 0 Å². The molecule has 0 aliphatic heterocycles. The fourth-order valence-corrected chi connectivity index (χ4v) is 3.28. The van der Waals surface area contributed by atoms with Gasteiger partial charge in [0.2, 0.25) is 0 Å². The van der Waals surface area contributed by atoms with E-state index in [1.54, 1.807) is 23.9 Å². The molecule has 0 saturated heterocycles. The van der Waals surface area contributed by atoms with E-state index in [9.17, 15) is 9.59 Å². The van der Waals surface area contributed by atoms with Gasteiger partial charge in [0.25, 0.3) is 0 Å². The van der Waals surface area contributed by atoms with Crippen LogP contribution in [0.15, 0.2) is 29.2 Å². The Hall–Kier alpha value is -1.49. The number of benzene rings is 1. The molecule has 0 heterocycles. The first kappa shape index (κ1) is 24.5. The van der Waals surface area contributed by atoms with Crippen LogP contribution in [0.5, 0.6) is 5.75 Å². The number of hydrogen-bond acceptors (Lipinski definition) is 5. The Morgan fingerprint density at radius 1 is 0.786 bits per heavy atom. The SMILES string of the molecule is CCCCCCCCCCCOC(=O)CCCC(=O)Oc1ccc(SC)cc1. The van der Waals surface area contributed by atoms with Crippen LogP contribution in [0.2, 0.25) is 0 Å². The summed E-state index contributed by atoms with van der Waals surface area (Å²) in [6.45, 7) is 2.72. The van der Waals surface area contributed by atoms with Gasteiger partial charge in [-0.15, -0.1) is 11.8 Å². The normalized spacial score (nSPS) is 10.6. The number of ether oxygens (including phenoxy) is 2. The largest absolute Gasteiger partial charge is 0.466 e. The van der Waals surface area contributed by atoms with Crippen LogP contribution in [0, 0.1) is 0 Å². The second kappa shape index (κ2) is 16.5. The molecule has 4 nitrogen and oxygen atoms in total. The van der Waals surface area contributed by atoms with Crippen molar-refractivity contribution >= 4 is 23.7 Å². The van der Waals surface area contributed by atoms with Crippen molar-refractivity contribution in [3.05, 3.63) is 24.3 Å². The van der Waals surface area contributed by atoms with Crippen LogP contribution in [-0.2, 0) is 14.3 Å². The molecule has 0 fully saturated rings. The van der Waals surface area contributed by atoms with Crippen molar-refractivity contribution in [1.29, 1.82) is 0 Å². The highest BCUT2D eigenvalue weighted by Gasteiger charge is 2.08. The van der Waals surface area contributed by atoms with Crippen LogP contribution in [-0.4, -0.2) is 24.8 Å². The van der Waals surface area contributed by atoms with Crippen molar-refractivity contribution in [2.45, 2.75) is 88.9 Å². The number of rotatable bonds is 16. The van der Waals surface area contributed by atoms with Gasteiger partial charge in [-0.05, 0) is 43.4 Å². The molecule has 0 radical (unpaired) electrons. The Labute approximate surface area is 174 Å². The molecule has 0 amide bonds. The number of unbranched alkanes of at least 4 members (excludes halogenated alkanes) is 8. The molecular formula is C23H36O4S. The Balaban J connectivity index is 1.96. The van der Waals surface area contributed by atoms with Gasteiger partial charge < -0.3 is 9.47 Å². The van der Waals surface area contributed by atoms with Crippen LogP contribution < -0.4 is 4.74 Å². The summed E-state index contributed by atoms with van der Waals surface area (Å²) in [4.78, 5) is 24.6. The molecule has 1 rings (SSSR count). The summed E-state index contributed by atoms with van der Waals surface area (Å²) in [6, 6.07) is 7.39. The molecule has 0 aliphatic rings. The molecule has 0 aliphatic carbocycles. The number of esters is 2. The third kappa shape index (κ3) is 12.8. The quantitative estimate of drug-likeness (QED) is 0.134. The molecule has 0 bridgehead atoms. The maximum absolute atomic E-state index is 11.8. The first-order valence-electron chi connectivity index (χ1n) is 10.7. The van der Waals surface area contributed by atoms with Crippen molar-refractivity contribution in [3.8, 4) is 5.75 Å². The van der Waals surface area contributed by atoms with E-state index in [0.717, 1.165) is 17.7 Å². The van der Waals surface area contributed by atoms with E-state index in [4.69, 9.17) is 9.47 Å². The summed E-state index contributed by atoms with van der Waals surface area (Å²) in [5, 5.41) is 0. The highest BCUT2D eigenvalue weighted by atomic mass is 32.2. The van der Waals surface area contributed by atoms with E-state index < -0.39 is 0 Å². The zero-order chi connectivity index (χ0) is 20.5. The van der Waals surface area contributed by atoms with E-state index in [1.807, 2.05) is 18.4 Å². The van der Waals surface area contributed by atoms with Crippen LogP contribution in [0.3, 0.4) is 0 Å². The fraction of sp³-hybridized carbons (Fsp3) is 0.652. The monoisotopic (exact) mass is 408 g/mol. The highest BCUT2D eigenvalue weighted by Crippen LogP contribution is 2.19. The average molecular weight is 409 g/mol. The van der Waals surface area contributed by atoms with Crippen molar-refractivity contribution < 1.29 is 19.1 Å². The highest BCUT2D eigenvalue weighted by molar-refractivity contribution is 7.98. The first-order chi connectivity index (χ1) is 13.7. The summed E-state index contributed by atoms with van der Waals surface area (Å²) in [6.07, 6.45) is 14.1. The minimum atomic E-state index is -0.316. The molecule has 1 aromatic carbocycles. The van der Waals surface area contributed by atoms with Crippen molar-refractivity contribution in [2.24, 2.45) is 0 Å². The number of carbonyl (C=O) groups is 2. The third-order valence-electron chi connectivity index (χ3n) is 4.56. The molecule has 0 N–H and O–H groups in total. The molecule has 5 heteroatoms. The maximum Gasteiger partial charge on any atom is 0.311 e. The topological polar surface area (TPSA) is 52.6 Å². The van der Waals surface area contributed by atoms with Gasteiger partial charge in [0.15, 0.2) is 0 Å². The van der Waals surface area contributed by atoms with Gasteiger partial charge in [-0.1, -0.05) is 58.3 Å².